The van der Waals surface area contributed by atoms with Crippen LogP contribution in [0.2, 0.25) is 0 Å². The molecule has 4 atom stereocenters. The lowest BCUT2D eigenvalue weighted by molar-refractivity contribution is -0.142. The fourth-order valence-corrected chi connectivity index (χ4v) is 3.35. The maximum atomic E-state index is 13.2. The van der Waals surface area contributed by atoms with Crippen molar-refractivity contribution in [1.82, 2.24) is 16.0 Å². The van der Waals surface area contributed by atoms with Crippen LogP contribution in [0.1, 0.15) is 59.8 Å². The molecule has 0 radical (unpaired) electrons. The van der Waals surface area contributed by atoms with Gasteiger partial charge < -0.3 is 49.7 Å². The van der Waals surface area contributed by atoms with E-state index >= 15 is 0 Å². The number of carboxylic acids is 1. The summed E-state index contributed by atoms with van der Waals surface area (Å²) in [5.41, 5.74) is 27.3. The maximum Gasteiger partial charge on any atom is 0.326 e. The number of nitrogens with zero attached hydrogens (tertiary/aromatic N) is 2. The number of nitrogens with two attached hydrogens (primary N) is 5. The lowest BCUT2D eigenvalue weighted by Crippen LogP contribution is -2.57. The average Bonchev–Trinajstić information content (AvgIpc) is 2.80. The predicted molar refractivity (Wildman–Crippen MR) is 146 cm³/mol. The molecule has 0 saturated heterocycles. The van der Waals surface area contributed by atoms with Gasteiger partial charge in [0.1, 0.15) is 18.1 Å². The molecule has 4 unspecified atom stereocenters. The summed E-state index contributed by atoms with van der Waals surface area (Å²) in [4.78, 5) is 58.3. The zero-order chi connectivity index (χ0) is 29.4. The molecule has 3 amide bonds. The predicted octanol–water partition coefficient (Wildman–Crippen LogP) is -2.34. The first-order chi connectivity index (χ1) is 17.6. The van der Waals surface area contributed by atoms with Gasteiger partial charge in [0, 0.05) is 13.1 Å². The number of carbonyl (C=O) groups excluding carboxylic acids is 3. The third-order valence-electron chi connectivity index (χ3n) is 5.50. The highest BCUT2D eigenvalue weighted by molar-refractivity contribution is 5.94. The molecule has 0 rings (SSSR count). The van der Waals surface area contributed by atoms with Crippen molar-refractivity contribution in [3.63, 3.8) is 0 Å². The molecule has 218 valence electrons. The van der Waals surface area contributed by atoms with Crippen molar-refractivity contribution >= 4 is 35.6 Å². The fraction of sp³-hybridized carbons (Fsp3) is 0.739. The third kappa shape index (κ3) is 14.8. The summed E-state index contributed by atoms with van der Waals surface area (Å²) in [5.74, 6) is -3.45. The zero-order valence-corrected chi connectivity index (χ0v) is 22.8. The Morgan fingerprint density at radius 3 is 1.45 bits per heavy atom. The van der Waals surface area contributed by atoms with Crippen LogP contribution in [0.15, 0.2) is 9.98 Å². The minimum Gasteiger partial charge on any atom is -0.480 e. The van der Waals surface area contributed by atoms with Crippen molar-refractivity contribution in [2.45, 2.75) is 84.0 Å². The van der Waals surface area contributed by atoms with E-state index in [1.165, 1.54) is 0 Å². The van der Waals surface area contributed by atoms with Gasteiger partial charge in [-0.05, 0) is 43.9 Å². The summed E-state index contributed by atoms with van der Waals surface area (Å²) in [5, 5.41) is 17.3. The highest BCUT2D eigenvalue weighted by Crippen LogP contribution is 2.08. The second kappa shape index (κ2) is 17.8. The van der Waals surface area contributed by atoms with Crippen molar-refractivity contribution in [1.29, 1.82) is 0 Å². The van der Waals surface area contributed by atoms with Crippen LogP contribution in [0.25, 0.3) is 0 Å². The van der Waals surface area contributed by atoms with Crippen molar-refractivity contribution in [2.24, 2.45) is 50.5 Å². The van der Waals surface area contributed by atoms with Gasteiger partial charge in [0.2, 0.25) is 17.7 Å². The molecular weight excluding hydrogens is 496 g/mol. The molecule has 0 saturated carbocycles. The molecule has 0 bridgehead atoms. The summed E-state index contributed by atoms with van der Waals surface area (Å²) >= 11 is 0. The maximum absolute atomic E-state index is 13.2. The first-order valence-electron chi connectivity index (χ1n) is 12.7. The van der Waals surface area contributed by atoms with E-state index in [0.29, 0.717) is 12.8 Å². The number of amides is 3. The molecule has 15 nitrogen and oxygen atoms in total. The summed E-state index contributed by atoms with van der Waals surface area (Å²) in [7, 11) is 0. The first-order valence-corrected chi connectivity index (χ1v) is 12.7. The second-order valence-corrected chi connectivity index (χ2v) is 9.82. The van der Waals surface area contributed by atoms with Gasteiger partial charge in [-0.1, -0.05) is 27.7 Å². The van der Waals surface area contributed by atoms with E-state index in [2.05, 4.69) is 25.9 Å². The number of aliphatic carboxylic acids is 1. The number of carboxylic acid groups (broad SMARTS) is 1. The van der Waals surface area contributed by atoms with Gasteiger partial charge in [0.15, 0.2) is 11.9 Å². The SMILES string of the molecule is CC(C)CC(NC(=O)C(CCCN=C(N)N)NC(=O)C(CCCN=C(N)N)NC(=O)C(N)C(C)C)C(=O)O. The van der Waals surface area contributed by atoms with Gasteiger partial charge in [-0.15, -0.1) is 0 Å². The van der Waals surface area contributed by atoms with Gasteiger partial charge in [-0.25, -0.2) is 4.79 Å². The van der Waals surface area contributed by atoms with Crippen LogP contribution < -0.4 is 44.6 Å². The zero-order valence-electron chi connectivity index (χ0n) is 22.8. The van der Waals surface area contributed by atoms with Gasteiger partial charge in [-0.3, -0.25) is 24.4 Å². The van der Waals surface area contributed by atoms with E-state index in [1.807, 2.05) is 13.8 Å². The summed E-state index contributed by atoms with van der Waals surface area (Å²) < 4.78 is 0. The smallest absolute Gasteiger partial charge is 0.326 e. The number of rotatable bonds is 18. The van der Waals surface area contributed by atoms with Crippen molar-refractivity contribution in [3.8, 4) is 0 Å². The summed E-state index contributed by atoms with van der Waals surface area (Å²) in [6.07, 6.45) is 1.14. The lowest BCUT2D eigenvalue weighted by atomic mass is 10.0. The molecule has 0 heterocycles. The Balaban J connectivity index is 5.75. The molecule has 0 spiro atoms. The molecule has 0 aliphatic carbocycles. The topological polar surface area (TPSA) is 279 Å². The third-order valence-corrected chi connectivity index (χ3v) is 5.50. The first kappa shape index (κ1) is 34.4. The number of nitrogens with one attached hydrogen (secondary N) is 3. The number of aliphatic imine (C=N–C) groups is 2. The number of guanidine groups is 2. The number of hydrogen-bond donors (Lipinski definition) is 9. The molecule has 0 aromatic carbocycles. The van der Waals surface area contributed by atoms with E-state index in [4.69, 9.17) is 28.7 Å². The van der Waals surface area contributed by atoms with E-state index in [9.17, 15) is 24.3 Å². The van der Waals surface area contributed by atoms with Crippen molar-refractivity contribution in [3.05, 3.63) is 0 Å². The monoisotopic (exact) mass is 542 g/mol. The van der Waals surface area contributed by atoms with Crippen LogP contribution in [0.4, 0.5) is 0 Å². The van der Waals surface area contributed by atoms with Gasteiger partial charge in [-0.2, -0.15) is 0 Å². The molecule has 0 fully saturated rings. The Labute approximate surface area is 223 Å². The molecule has 0 aromatic rings. The Kier molecular flexibility index (Phi) is 16.1. The minimum atomic E-state index is -1.19. The molecule has 15 heteroatoms. The largest absolute Gasteiger partial charge is 0.480 e. The minimum absolute atomic E-state index is 0.00119. The molecule has 38 heavy (non-hydrogen) atoms. The van der Waals surface area contributed by atoms with Crippen LogP contribution in [0.3, 0.4) is 0 Å². The highest BCUT2D eigenvalue weighted by Gasteiger charge is 2.30. The Bertz CT molecular complexity index is 838. The van der Waals surface area contributed by atoms with Crippen LogP contribution in [0.5, 0.6) is 0 Å². The van der Waals surface area contributed by atoms with Crippen molar-refractivity contribution in [2.75, 3.05) is 13.1 Å². The van der Waals surface area contributed by atoms with Crippen LogP contribution in [-0.2, 0) is 19.2 Å². The Morgan fingerprint density at radius 2 is 1.11 bits per heavy atom. The summed E-state index contributed by atoms with van der Waals surface area (Å²) in [6.45, 7) is 7.60. The van der Waals surface area contributed by atoms with E-state index in [-0.39, 0.29) is 56.1 Å². The molecule has 0 aliphatic heterocycles. The molecule has 14 N–H and O–H groups in total. The Hall–Kier alpha value is -3.62. The van der Waals surface area contributed by atoms with Crippen LogP contribution in [0, 0.1) is 11.8 Å². The molecule has 0 aromatic heterocycles. The van der Waals surface area contributed by atoms with Gasteiger partial charge in [0.25, 0.3) is 0 Å². The second-order valence-electron chi connectivity index (χ2n) is 9.82. The number of carbonyl (C=O) groups is 4. The standard InChI is InChI=1S/C23H46N10O5/c1-12(2)11-16(21(37)38)33-19(35)14(7-5-9-29-22(25)26)31-18(34)15(8-6-10-30-23(27)28)32-20(36)17(24)13(3)4/h12-17H,5-11,24H2,1-4H3,(H,31,34)(H,32,36)(H,33,35)(H,37,38)(H4,25,26,29)(H4,27,28,30). The quantitative estimate of drug-likeness (QED) is 0.0505. The number of hydrogen-bond acceptors (Lipinski definition) is 7. The van der Waals surface area contributed by atoms with E-state index < -0.39 is 47.9 Å². The van der Waals surface area contributed by atoms with Crippen molar-refractivity contribution < 1.29 is 24.3 Å². The van der Waals surface area contributed by atoms with E-state index in [0.717, 1.165) is 0 Å². The van der Waals surface area contributed by atoms with Crippen LogP contribution >= 0.6 is 0 Å². The molecule has 0 aliphatic rings. The molecular formula is C23H46N10O5. The summed E-state index contributed by atoms with van der Waals surface area (Å²) in [6, 6.07) is -4.14. The van der Waals surface area contributed by atoms with Gasteiger partial charge >= 0.3 is 5.97 Å². The van der Waals surface area contributed by atoms with Gasteiger partial charge in [0.05, 0.1) is 6.04 Å². The Morgan fingerprint density at radius 1 is 0.711 bits per heavy atom. The highest BCUT2D eigenvalue weighted by atomic mass is 16.4. The average molecular weight is 543 g/mol. The van der Waals surface area contributed by atoms with E-state index in [1.54, 1.807) is 13.8 Å². The normalized spacial score (nSPS) is 14.1. The fourth-order valence-electron chi connectivity index (χ4n) is 3.35. The lowest BCUT2D eigenvalue weighted by Gasteiger charge is -2.26. The van der Waals surface area contributed by atoms with Crippen LogP contribution in [-0.4, -0.2) is 78.0 Å².